The van der Waals surface area contributed by atoms with Gasteiger partial charge in [-0.2, -0.15) is 0 Å². The molecular formula is C13H20O10. The van der Waals surface area contributed by atoms with Crippen molar-refractivity contribution in [3.05, 3.63) is 0 Å². The van der Waals surface area contributed by atoms with Crippen LogP contribution in [0.1, 0.15) is 25.7 Å². The highest BCUT2D eigenvalue weighted by atomic mass is 16.6. The van der Waals surface area contributed by atoms with Gasteiger partial charge in [-0.15, -0.1) is 0 Å². The second-order valence-electron chi connectivity index (χ2n) is 4.48. The average Bonchev–Trinajstić information content (AvgIpc) is 2.47. The van der Waals surface area contributed by atoms with E-state index in [0.29, 0.717) is 19.3 Å². The van der Waals surface area contributed by atoms with Gasteiger partial charge in [-0.1, -0.05) is 0 Å². The van der Waals surface area contributed by atoms with E-state index in [9.17, 15) is 19.2 Å². The van der Waals surface area contributed by atoms with E-state index in [0.717, 1.165) is 0 Å². The van der Waals surface area contributed by atoms with Crippen LogP contribution in [0.15, 0.2) is 0 Å². The van der Waals surface area contributed by atoms with Crippen molar-refractivity contribution >= 4 is 24.4 Å². The average molecular weight is 336 g/mol. The maximum absolute atomic E-state index is 10.8. The number of unbranched alkanes of at least 4 members (excludes halogenated alkanes) is 2. The second kappa shape index (κ2) is 12.4. The molecule has 3 N–H and O–H groups in total. The number of rotatable bonds is 15. The zero-order valence-corrected chi connectivity index (χ0v) is 12.4. The number of hydrogen-bond acceptors (Lipinski definition) is 7. The fraction of sp³-hybridized carbons (Fsp3) is 0.692. The monoisotopic (exact) mass is 336 g/mol. The summed E-state index contributed by atoms with van der Waals surface area (Å²) in [5.41, 5.74) is 0. The maximum Gasteiger partial charge on any atom is 0.336 e. The Kier molecular flexibility index (Phi) is 11.2. The first kappa shape index (κ1) is 20.8. The third-order valence-electron chi connectivity index (χ3n) is 2.65. The third kappa shape index (κ3) is 11.1. The van der Waals surface area contributed by atoms with Crippen LogP contribution in [0.4, 0.5) is 0 Å². The summed E-state index contributed by atoms with van der Waals surface area (Å²) in [5.74, 6) is -3.84. The summed E-state index contributed by atoms with van der Waals surface area (Å²) >= 11 is 0. The molecule has 10 heteroatoms. The van der Waals surface area contributed by atoms with Crippen molar-refractivity contribution in [1.29, 1.82) is 0 Å². The minimum atomic E-state index is -1.39. The molecule has 23 heavy (non-hydrogen) atoms. The molecule has 0 saturated carbocycles. The van der Waals surface area contributed by atoms with E-state index >= 15 is 0 Å². The molecular weight excluding hydrogens is 316 g/mol. The number of ether oxygens (including phenoxy) is 3. The van der Waals surface area contributed by atoms with Gasteiger partial charge >= 0.3 is 17.9 Å². The molecule has 0 aromatic heterocycles. The predicted octanol–water partition coefficient (Wildman–Crippen LogP) is -0.256. The molecule has 10 nitrogen and oxygen atoms in total. The molecule has 2 atom stereocenters. The summed E-state index contributed by atoms with van der Waals surface area (Å²) < 4.78 is 14.3. The van der Waals surface area contributed by atoms with Gasteiger partial charge in [0.1, 0.15) is 6.61 Å². The van der Waals surface area contributed by atoms with Gasteiger partial charge in [0.15, 0.2) is 12.2 Å². The molecule has 0 aliphatic carbocycles. The SMILES string of the molecule is O=COCC(OCCCCCOC(CC(=O)O)C(=O)O)C(=O)O. The van der Waals surface area contributed by atoms with Crippen LogP contribution in [0.25, 0.3) is 0 Å². The van der Waals surface area contributed by atoms with Crippen molar-refractivity contribution in [3.8, 4) is 0 Å². The molecule has 0 fully saturated rings. The number of carboxylic acids is 3. The summed E-state index contributed by atoms with van der Waals surface area (Å²) in [6.07, 6.45) is -1.71. The molecule has 0 spiro atoms. The maximum atomic E-state index is 10.8. The zero-order valence-electron chi connectivity index (χ0n) is 12.4. The molecule has 132 valence electrons. The van der Waals surface area contributed by atoms with Crippen molar-refractivity contribution in [3.63, 3.8) is 0 Å². The predicted molar refractivity (Wildman–Crippen MR) is 72.9 cm³/mol. The van der Waals surface area contributed by atoms with Crippen molar-refractivity contribution in [2.45, 2.75) is 37.9 Å². The molecule has 0 amide bonds. The van der Waals surface area contributed by atoms with Gasteiger partial charge in [-0.3, -0.25) is 9.59 Å². The van der Waals surface area contributed by atoms with Crippen LogP contribution in [-0.4, -0.2) is 71.7 Å². The Hall–Kier alpha value is -2.20. The molecule has 0 rings (SSSR count). The normalized spacial score (nSPS) is 13.0. The van der Waals surface area contributed by atoms with E-state index in [1.165, 1.54) is 0 Å². The van der Waals surface area contributed by atoms with E-state index in [-0.39, 0.29) is 26.3 Å². The lowest BCUT2D eigenvalue weighted by molar-refractivity contribution is -0.157. The van der Waals surface area contributed by atoms with Gasteiger partial charge in [0.25, 0.3) is 6.47 Å². The highest BCUT2D eigenvalue weighted by molar-refractivity contribution is 5.79. The fourth-order valence-corrected chi connectivity index (χ4v) is 1.53. The van der Waals surface area contributed by atoms with Crippen molar-refractivity contribution in [2.75, 3.05) is 19.8 Å². The van der Waals surface area contributed by atoms with Gasteiger partial charge in [-0.05, 0) is 19.3 Å². The molecule has 0 heterocycles. The Labute approximate surface area is 131 Å². The van der Waals surface area contributed by atoms with Crippen molar-refractivity contribution < 1.29 is 48.7 Å². The summed E-state index contributed by atoms with van der Waals surface area (Å²) in [6, 6.07) is 0. The van der Waals surface area contributed by atoms with E-state index < -0.39 is 36.5 Å². The standard InChI is InChI=1S/C13H20O10/c14-8-21-7-10(13(19)20)23-5-3-1-2-4-22-9(12(17)18)6-11(15)16/h8-10H,1-7H2,(H,15,16)(H,17,18)(H,19,20). The minimum absolute atomic E-state index is 0.0703. The molecule has 0 aromatic carbocycles. The number of carbonyl (C=O) groups excluding carboxylic acids is 1. The Morgan fingerprint density at radius 2 is 1.39 bits per heavy atom. The molecule has 2 unspecified atom stereocenters. The molecule has 0 aliphatic heterocycles. The Balaban J connectivity index is 3.78. The van der Waals surface area contributed by atoms with Crippen molar-refractivity contribution in [2.24, 2.45) is 0 Å². The van der Waals surface area contributed by atoms with E-state index in [1.807, 2.05) is 0 Å². The van der Waals surface area contributed by atoms with Crippen LogP contribution >= 0.6 is 0 Å². The first-order chi connectivity index (χ1) is 10.9. The van der Waals surface area contributed by atoms with Crippen LogP contribution in [0.3, 0.4) is 0 Å². The highest BCUT2D eigenvalue weighted by Gasteiger charge is 2.21. The first-order valence-electron chi connectivity index (χ1n) is 6.84. The number of hydrogen-bond donors (Lipinski definition) is 3. The lowest BCUT2D eigenvalue weighted by atomic mass is 10.2. The smallest absolute Gasteiger partial charge is 0.336 e. The molecule has 0 aliphatic rings. The van der Waals surface area contributed by atoms with Gasteiger partial charge in [0, 0.05) is 13.2 Å². The molecule has 0 radical (unpaired) electrons. The van der Waals surface area contributed by atoms with Gasteiger partial charge in [0.2, 0.25) is 0 Å². The second-order valence-corrected chi connectivity index (χ2v) is 4.48. The summed E-state index contributed by atoms with van der Waals surface area (Å²) in [7, 11) is 0. The Morgan fingerprint density at radius 1 is 0.870 bits per heavy atom. The topological polar surface area (TPSA) is 157 Å². The largest absolute Gasteiger partial charge is 0.481 e. The van der Waals surface area contributed by atoms with Crippen LogP contribution in [0.5, 0.6) is 0 Å². The number of aliphatic carboxylic acids is 3. The summed E-state index contributed by atoms with van der Waals surface area (Å²) in [4.78, 5) is 41.9. The fourth-order valence-electron chi connectivity index (χ4n) is 1.53. The number of carbonyl (C=O) groups is 4. The Morgan fingerprint density at radius 3 is 1.83 bits per heavy atom. The van der Waals surface area contributed by atoms with Gasteiger partial charge in [-0.25, -0.2) is 9.59 Å². The minimum Gasteiger partial charge on any atom is -0.481 e. The Bertz CT molecular complexity index is 394. The van der Waals surface area contributed by atoms with E-state index in [1.54, 1.807) is 0 Å². The lowest BCUT2D eigenvalue weighted by Crippen LogP contribution is -2.29. The lowest BCUT2D eigenvalue weighted by Gasteiger charge is -2.13. The quantitative estimate of drug-likeness (QED) is 0.269. The summed E-state index contributed by atoms with van der Waals surface area (Å²) in [5, 5.41) is 26.1. The van der Waals surface area contributed by atoms with Gasteiger partial charge < -0.3 is 29.5 Å². The van der Waals surface area contributed by atoms with Crippen LogP contribution in [0, 0.1) is 0 Å². The third-order valence-corrected chi connectivity index (χ3v) is 2.65. The van der Waals surface area contributed by atoms with Crippen LogP contribution in [-0.2, 0) is 33.4 Å². The molecule has 0 saturated heterocycles. The number of carboxylic acid groups (broad SMARTS) is 3. The summed E-state index contributed by atoms with van der Waals surface area (Å²) in [6.45, 7) is -0.0540. The van der Waals surface area contributed by atoms with Crippen LogP contribution in [0.2, 0.25) is 0 Å². The van der Waals surface area contributed by atoms with Crippen molar-refractivity contribution in [1.82, 2.24) is 0 Å². The first-order valence-corrected chi connectivity index (χ1v) is 6.84. The van der Waals surface area contributed by atoms with E-state index in [2.05, 4.69) is 4.74 Å². The highest BCUT2D eigenvalue weighted by Crippen LogP contribution is 2.04. The molecule has 0 bridgehead atoms. The van der Waals surface area contributed by atoms with Crippen LogP contribution < -0.4 is 0 Å². The zero-order chi connectivity index (χ0) is 17.7. The van der Waals surface area contributed by atoms with E-state index in [4.69, 9.17) is 24.8 Å². The molecule has 0 aromatic rings. The van der Waals surface area contributed by atoms with Gasteiger partial charge in [0.05, 0.1) is 6.42 Å².